The van der Waals surface area contributed by atoms with Gasteiger partial charge in [0, 0.05) is 48.5 Å². The van der Waals surface area contributed by atoms with Gasteiger partial charge in [0.05, 0.1) is 17.8 Å². The quantitative estimate of drug-likeness (QED) is 0.220. The number of nitrogens with one attached hydrogen (secondary N) is 1. The van der Waals surface area contributed by atoms with Gasteiger partial charge in [0.15, 0.2) is 11.5 Å². The van der Waals surface area contributed by atoms with Crippen LogP contribution in [0, 0.1) is 23.4 Å². The van der Waals surface area contributed by atoms with E-state index in [4.69, 9.17) is 0 Å². The number of amides is 1. The number of halogens is 6. The first-order valence-electron chi connectivity index (χ1n) is 13.9. The van der Waals surface area contributed by atoms with Crippen LogP contribution >= 0.6 is 0 Å². The molecule has 6 nitrogen and oxygen atoms in total. The number of nitrogens with zero attached hydrogens (tertiary/aromatic N) is 3. The van der Waals surface area contributed by atoms with E-state index in [1.54, 1.807) is 12.1 Å². The molecule has 4 aromatic rings. The number of pyridine rings is 1. The second-order valence-corrected chi connectivity index (χ2v) is 11.1. The number of hydrogen-bond donors (Lipinski definition) is 1. The number of benzene rings is 2. The predicted octanol–water partition coefficient (Wildman–Crippen LogP) is 6.46. The standard InChI is InChI=1S/C32H28F6N4O2/c1-17-8-26-28(9-17)42(41-30(26)32(36,37)38)16-23(43)13-20(10-18-11-21(33)15-22(34)12-18)29-24(4-3-7-40-29)19-5-6-27(35)25(14-19)31(44)39-2/h3-7,11-12,14-15,17,20H,8-10,13,16H2,1-2H3,(H,39,44)/t17?,20-/m1/s1. The van der Waals surface area contributed by atoms with Gasteiger partial charge in [-0.1, -0.05) is 19.1 Å². The second kappa shape index (κ2) is 12.3. The van der Waals surface area contributed by atoms with Gasteiger partial charge in [-0.3, -0.25) is 19.3 Å². The van der Waals surface area contributed by atoms with Crippen molar-refractivity contribution < 1.29 is 35.9 Å². The number of Topliss-reactive ketones (excluding diaryl/α,β-unsaturated/α-hetero) is 1. The van der Waals surface area contributed by atoms with Gasteiger partial charge in [-0.25, -0.2) is 13.2 Å². The van der Waals surface area contributed by atoms with Crippen molar-refractivity contribution in [2.75, 3.05) is 7.05 Å². The van der Waals surface area contributed by atoms with Crippen LogP contribution in [0.3, 0.4) is 0 Å². The lowest BCUT2D eigenvalue weighted by atomic mass is 9.86. The van der Waals surface area contributed by atoms with Gasteiger partial charge in [-0.05, 0) is 66.6 Å². The average molecular weight is 615 g/mol. The van der Waals surface area contributed by atoms with Crippen molar-refractivity contribution >= 4 is 11.7 Å². The number of rotatable bonds is 9. The molecule has 2 aromatic carbocycles. The van der Waals surface area contributed by atoms with Crippen LogP contribution in [0.2, 0.25) is 0 Å². The summed E-state index contributed by atoms with van der Waals surface area (Å²) in [5.74, 6) is -4.34. The van der Waals surface area contributed by atoms with Crippen LogP contribution in [0.5, 0.6) is 0 Å². The number of fused-ring (bicyclic) bond motifs is 1. The predicted molar refractivity (Wildman–Crippen MR) is 149 cm³/mol. The van der Waals surface area contributed by atoms with E-state index in [0.717, 1.165) is 22.9 Å². The maximum absolute atomic E-state index is 14.4. The SMILES string of the molecule is CNC(=O)c1cc(-c2cccnc2[C@@H](CC(=O)Cn2nc(C(F)(F)F)c3c2CC(C)C3)Cc2cc(F)cc(F)c2)ccc1F. The summed E-state index contributed by atoms with van der Waals surface area (Å²) >= 11 is 0. The molecule has 0 saturated carbocycles. The zero-order chi connectivity index (χ0) is 31.8. The fraction of sp³-hybridized carbons (Fsp3) is 0.312. The first-order chi connectivity index (χ1) is 20.8. The number of carbonyl (C=O) groups is 2. The number of hydrogen-bond acceptors (Lipinski definition) is 4. The molecule has 0 fully saturated rings. The molecule has 1 aliphatic rings. The highest BCUT2D eigenvalue weighted by atomic mass is 19.4. The lowest BCUT2D eigenvalue weighted by molar-refractivity contribution is -0.142. The van der Waals surface area contributed by atoms with Crippen molar-refractivity contribution in [1.29, 1.82) is 0 Å². The maximum atomic E-state index is 14.4. The molecule has 2 atom stereocenters. The van der Waals surface area contributed by atoms with Gasteiger partial charge < -0.3 is 5.32 Å². The maximum Gasteiger partial charge on any atom is 0.435 e. The topological polar surface area (TPSA) is 76.9 Å². The van der Waals surface area contributed by atoms with Crippen molar-refractivity contribution in [3.8, 4) is 11.1 Å². The molecule has 12 heteroatoms. The van der Waals surface area contributed by atoms with Crippen LogP contribution in [0.4, 0.5) is 26.3 Å². The Kier molecular flexibility index (Phi) is 8.62. The van der Waals surface area contributed by atoms with Crippen molar-refractivity contribution in [2.45, 2.75) is 51.2 Å². The summed E-state index contributed by atoms with van der Waals surface area (Å²) in [4.78, 5) is 30.3. The van der Waals surface area contributed by atoms with Gasteiger partial charge >= 0.3 is 6.18 Å². The summed E-state index contributed by atoms with van der Waals surface area (Å²) in [6.07, 6.45) is -2.95. The molecule has 0 saturated heterocycles. The van der Waals surface area contributed by atoms with E-state index in [9.17, 15) is 35.9 Å². The zero-order valence-electron chi connectivity index (χ0n) is 23.8. The second-order valence-electron chi connectivity index (χ2n) is 11.1. The van der Waals surface area contributed by atoms with Crippen molar-refractivity contribution in [1.82, 2.24) is 20.1 Å². The summed E-state index contributed by atoms with van der Waals surface area (Å²) in [6, 6.07) is 10.1. The Morgan fingerprint density at radius 3 is 2.45 bits per heavy atom. The van der Waals surface area contributed by atoms with Crippen LogP contribution in [-0.2, 0) is 36.8 Å². The highest BCUT2D eigenvalue weighted by molar-refractivity contribution is 5.95. The lowest BCUT2D eigenvalue weighted by Gasteiger charge is -2.20. The highest BCUT2D eigenvalue weighted by Gasteiger charge is 2.41. The molecule has 2 aromatic heterocycles. The minimum absolute atomic E-state index is 0.0347. The third-order valence-corrected chi connectivity index (χ3v) is 7.71. The van der Waals surface area contributed by atoms with Crippen LogP contribution < -0.4 is 5.32 Å². The van der Waals surface area contributed by atoms with Gasteiger partial charge in [0.1, 0.15) is 17.5 Å². The largest absolute Gasteiger partial charge is 0.435 e. The molecule has 0 aliphatic heterocycles. The van der Waals surface area contributed by atoms with Crippen LogP contribution in [0.15, 0.2) is 54.7 Å². The first-order valence-corrected chi connectivity index (χ1v) is 13.9. The fourth-order valence-electron chi connectivity index (χ4n) is 5.86. The van der Waals surface area contributed by atoms with E-state index in [0.29, 0.717) is 35.0 Å². The van der Waals surface area contributed by atoms with Gasteiger partial charge in [-0.15, -0.1) is 0 Å². The zero-order valence-corrected chi connectivity index (χ0v) is 23.8. The summed E-state index contributed by atoms with van der Waals surface area (Å²) < 4.78 is 84.9. The average Bonchev–Trinajstić information content (AvgIpc) is 3.49. The fourth-order valence-corrected chi connectivity index (χ4v) is 5.86. The molecular formula is C32H28F6N4O2. The molecule has 1 N–H and O–H groups in total. The molecule has 1 amide bonds. The van der Waals surface area contributed by atoms with Crippen LogP contribution in [-0.4, -0.2) is 33.5 Å². The van der Waals surface area contributed by atoms with Crippen LogP contribution in [0.1, 0.15) is 57.8 Å². The van der Waals surface area contributed by atoms with E-state index >= 15 is 0 Å². The van der Waals surface area contributed by atoms with E-state index in [1.807, 2.05) is 6.92 Å². The number of aromatic nitrogens is 3. The van der Waals surface area contributed by atoms with Crippen LogP contribution in [0.25, 0.3) is 11.1 Å². The Bertz CT molecular complexity index is 1710. The molecule has 0 bridgehead atoms. The molecule has 1 unspecified atom stereocenters. The molecule has 0 spiro atoms. The number of alkyl halides is 3. The molecular weight excluding hydrogens is 586 g/mol. The first kappa shape index (κ1) is 31.0. The number of carbonyl (C=O) groups excluding carboxylic acids is 2. The Balaban J connectivity index is 1.53. The van der Waals surface area contributed by atoms with Crippen molar-refractivity contribution in [3.63, 3.8) is 0 Å². The Labute approximate surface area is 249 Å². The molecule has 44 heavy (non-hydrogen) atoms. The van der Waals surface area contributed by atoms with E-state index < -0.39 is 53.5 Å². The monoisotopic (exact) mass is 614 g/mol. The summed E-state index contributed by atoms with van der Waals surface area (Å²) in [7, 11) is 1.36. The van der Waals surface area contributed by atoms with E-state index in [-0.39, 0.29) is 41.9 Å². The lowest BCUT2D eigenvalue weighted by Crippen LogP contribution is -2.20. The molecule has 5 rings (SSSR count). The minimum atomic E-state index is -4.67. The van der Waals surface area contributed by atoms with Crippen molar-refractivity contribution in [2.24, 2.45) is 5.92 Å². The Morgan fingerprint density at radius 1 is 1.05 bits per heavy atom. The summed E-state index contributed by atoms with van der Waals surface area (Å²) in [5.41, 5.74) is 0.664. The molecule has 0 radical (unpaired) electrons. The van der Waals surface area contributed by atoms with Crippen molar-refractivity contribution in [3.05, 3.63) is 106 Å². The van der Waals surface area contributed by atoms with E-state index in [2.05, 4.69) is 15.4 Å². The van der Waals surface area contributed by atoms with Gasteiger partial charge in [0.25, 0.3) is 5.91 Å². The molecule has 230 valence electrons. The van der Waals surface area contributed by atoms with Gasteiger partial charge in [0.2, 0.25) is 0 Å². The normalized spacial score (nSPS) is 15.2. The highest BCUT2D eigenvalue weighted by Crippen LogP contribution is 2.39. The third-order valence-electron chi connectivity index (χ3n) is 7.71. The third kappa shape index (κ3) is 6.53. The van der Waals surface area contributed by atoms with E-state index in [1.165, 1.54) is 25.4 Å². The minimum Gasteiger partial charge on any atom is -0.355 e. The number of ketones is 1. The van der Waals surface area contributed by atoms with Gasteiger partial charge in [-0.2, -0.15) is 18.3 Å². The molecule has 2 heterocycles. The Morgan fingerprint density at radius 2 is 1.77 bits per heavy atom. The smallest absolute Gasteiger partial charge is 0.355 e. The molecule has 1 aliphatic carbocycles. The Hall–Kier alpha value is -4.48. The summed E-state index contributed by atoms with van der Waals surface area (Å²) in [6.45, 7) is 1.40. The summed E-state index contributed by atoms with van der Waals surface area (Å²) in [5, 5.41) is 6.13.